The number of rotatable bonds is 6. The van der Waals surface area contributed by atoms with E-state index in [4.69, 9.17) is 4.74 Å². The average Bonchev–Trinajstić information content (AvgIpc) is 2.75. The zero-order valence-electron chi connectivity index (χ0n) is 16.5. The summed E-state index contributed by atoms with van der Waals surface area (Å²) in [4.78, 5) is 31.2. The summed E-state index contributed by atoms with van der Waals surface area (Å²) in [6.45, 7) is 5.58. The van der Waals surface area contributed by atoms with Crippen molar-refractivity contribution in [2.45, 2.75) is 6.92 Å². The van der Waals surface area contributed by atoms with Gasteiger partial charge in [-0.25, -0.2) is 0 Å². The van der Waals surface area contributed by atoms with Gasteiger partial charge in [0.25, 0.3) is 5.91 Å². The molecule has 0 saturated carbocycles. The predicted octanol–water partition coefficient (Wildman–Crippen LogP) is 2.51. The number of carbonyl (C=O) groups is 2. The van der Waals surface area contributed by atoms with Gasteiger partial charge in [0, 0.05) is 44.0 Å². The lowest BCUT2D eigenvalue weighted by atomic mass is 10.1. The fourth-order valence-corrected chi connectivity index (χ4v) is 3.44. The van der Waals surface area contributed by atoms with Gasteiger partial charge < -0.3 is 14.5 Å². The highest BCUT2D eigenvalue weighted by atomic mass is 16.5. The third-order valence-electron chi connectivity index (χ3n) is 5.02. The van der Waals surface area contributed by atoms with E-state index in [9.17, 15) is 9.59 Å². The fourth-order valence-electron chi connectivity index (χ4n) is 3.44. The molecule has 6 nitrogen and oxygen atoms in total. The third-order valence-corrected chi connectivity index (χ3v) is 5.02. The number of methoxy groups -OCH3 is 1. The number of para-hydroxylation sites is 1. The Labute approximate surface area is 166 Å². The molecule has 1 aliphatic heterocycles. The lowest BCUT2D eigenvalue weighted by molar-refractivity contribution is -0.120. The highest BCUT2D eigenvalue weighted by Gasteiger charge is 2.25. The number of amides is 2. The second-order valence-corrected chi connectivity index (χ2v) is 6.77. The molecule has 6 heteroatoms. The van der Waals surface area contributed by atoms with E-state index in [1.165, 1.54) is 0 Å². The van der Waals surface area contributed by atoms with Gasteiger partial charge in [-0.1, -0.05) is 24.3 Å². The van der Waals surface area contributed by atoms with Gasteiger partial charge in [-0.05, 0) is 37.3 Å². The number of carbonyl (C=O) groups excluding carboxylic acids is 2. The molecule has 0 aromatic heterocycles. The molecular weight excluding hydrogens is 354 g/mol. The third kappa shape index (κ3) is 4.70. The number of ether oxygens (including phenoxy) is 1. The fraction of sp³-hybridized carbons (Fsp3) is 0.364. The van der Waals surface area contributed by atoms with Crippen LogP contribution in [0.5, 0.6) is 5.75 Å². The molecule has 3 rings (SSSR count). The SMILES string of the molecule is CCN(C(=O)CN1CCN(C(=O)c2cccc(OC)c2)CC1)c1ccccc1. The van der Waals surface area contributed by atoms with Crippen molar-refractivity contribution in [1.29, 1.82) is 0 Å². The van der Waals surface area contributed by atoms with E-state index in [0.717, 1.165) is 5.69 Å². The molecule has 0 bridgehead atoms. The van der Waals surface area contributed by atoms with Crippen LogP contribution in [-0.2, 0) is 4.79 Å². The summed E-state index contributed by atoms with van der Waals surface area (Å²) in [6.07, 6.45) is 0. The van der Waals surface area contributed by atoms with Crippen LogP contribution >= 0.6 is 0 Å². The Hall–Kier alpha value is -2.86. The first-order valence-corrected chi connectivity index (χ1v) is 9.63. The van der Waals surface area contributed by atoms with E-state index in [-0.39, 0.29) is 11.8 Å². The molecule has 0 aliphatic carbocycles. The Morgan fingerprint density at radius 3 is 2.36 bits per heavy atom. The summed E-state index contributed by atoms with van der Waals surface area (Å²) in [7, 11) is 1.59. The van der Waals surface area contributed by atoms with Crippen LogP contribution in [0.4, 0.5) is 5.69 Å². The van der Waals surface area contributed by atoms with Gasteiger partial charge in [-0.15, -0.1) is 0 Å². The van der Waals surface area contributed by atoms with E-state index in [1.807, 2.05) is 54.3 Å². The van der Waals surface area contributed by atoms with Crippen LogP contribution < -0.4 is 9.64 Å². The average molecular weight is 381 g/mol. The van der Waals surface area contributed by atoms with E-state index in [0.29, 0.717) is 50.6 Å². The van der Waals surface area contributed by atoms with Crippen molar-refractivity contribution in [1.82, 2.24) is 9.80 Å². The Kier molecular flexibility index (Phi) is 6.66. The molecule has 1 heterocycles. The number of hydrogen-bond donors (Lipinski definition) is 0. The summed E-state index contributed by atoms with van der Waals surface area (Å²) < 4.78 is 5.20. The number of anilines is 1. The molecule has 0 atom stereocenters. The molecule has 0 unspecified atom stereocenters. The quantitative estimate of drug-likeness (QED) is 0.772. The van der Waals surface area contributed by atoms with Crippen molar-refractivity contribution in [3.8, 4) is 5.75 Å². The van der Waals surface area contributed by atoms with Crippen LogP contribution in [0, 0.1) is 0 Å². The maximum atomic E-state index is 12.7. The van der Waals surface area contributed by atoms with Gasteiger partial charge in [0.2, 0.25) is 5.91 Å². The van der Waals surface area contributed by atoms with E-state index < -0.39 is 0 Å². The zero-order valence-corrected chi connectivity index (χ0v) is 16.5. The smallest absolute Gasteiger partial charge is 0.254 e. The molecule has 1 saturated heterocycles. The minimum absolute atomic E-state index is 0.00402. The second kappa shape index (κ2) is 9.37. The van der Waals surface area contributed by atoms with Crippen LogP contribution in [0.25, 0.3) is 0 Å². The number of nitrogens with zero attached hydrogens (tertiary/aromatic N) is 3. The maximum Gasteiger partial charge on any atom is 0.254 e. The number of hydrogen-bond acceptors (Lipinski definition) is 4. The molecule has 2 aromatic rings. The number of likely N-dealkylation sites (N-methyl/N-ethyl adjacent to an activating group) is 1. The van der Waals surface area contributed by atoms with Gasteiger partial charge in [0.05, 0.1) is 13.7 Å². The molecule has 148 valence electrons. The normalized spacial score (nSPS) is 14.6. The number of benzene rings is 2. The summed E-state index contributed by atoms with van der Waals surface area (Å²) >= 11 is 0. The Bertz CT molecular complexity index is 802. The van der Waals surface area contributed by atoms with Gasteiger partial charge in [-0.2, -0.15) is 0 Å². The molecular formula is C22H27N3O3. The molecule has 0 spiro atoms. The lowest BCUT2D eigenvalue weighted by Gasteiger charge is -2.35. The van der Waals surface area contributed by atoms with Crippen molar-refractivity contribution in [2.75, 3.05) is 51.3 Å². The molecule has 1 aliphatic rings. The van der Waals surface area contributed by atoms with Gasteiger partial charge in [0.1, 0.15) is 5.75 Å². The molecule has 0 radical (unpaired) electrons. The van der Waals surface area contributed by atoms with Crippen LogP contribution in [-0.4, -0.2) is 68.0 Å². The van der Waals surface area contributed by atoms with Crippen molar-refractivity contribution in [3.63, 3.8) is 0 Å². The van der Waals surface area contributed by atoms with Crippen molar-refractivity contribution in [2.24, 2.45) is 0 Å². The van der Waals surface area contributed by atoms with Crippen LogP contribution in [0.1, 0.15) is 17.3 Å². The predicted molar refractivity (Wildman–Crippen MR) is 110 cm³/mol. The summed E-state index contributed by atoms with van der Waals surface area (Å²) in [6, 6.07) is 16.9. The van der Waals surface area contributed by atoms with Crippen molar-refractivity contribution >= 4 is 17.5 Å². The highest BCUT2D eigenvalue weighted by molar-refractivity contribution is 5.95. The van der Waals surface area contributed by atoms with Gasteiger partial charge >= 0.3 is 0 Å². The molecule has 2 aromatic carbocycles. The Morgan fingerprint density at radius 1 is 1.00 bits per heavy atom. The topological polar surface area (TPSA) is 53.1 Å². The van der Waals surface area contributed by atoms with Gasteiger partial charge in [-0.3, -0.25) is 14.5 Å². The van der Waals surface area contributed by atoms with Crippen LogP contribution in [0.3, 0.4) is 0 Å². The number of piperazine rings is 1. The summed E-state index contributed by atoms with van der Waals surface area (Å²) in [5.74, 6) is 0.765. The zero-order chi connectivity index (χ0) is 19.9. The Balaban J connectivity index is 1.55. The monoisotopic (exact) mass is 381 g/mol. The second-order valence-electron chi connectivity index (χ2n) is 6.77. The lowest BCUT2D eigenvalue weighted by Crippen LogP contribution is -2.51. The minimum Gasteiger partial charge on any atom is -0.497 e. The van der Waals surface area contributed by atoms with E-state index >= 15 is 0 Å². The van der Waals surface area contributed by atoms with E-state index in [1.54, 1.807) is 24.1 Å². The molecule has 0 N–H and O–H groups in total. The molecule has 1 fully saturated rings. The molecule has 2 amide bonds. The largest absolute Gasteiger partial charge is 0.497 e. The first-order chi connectivity index (χ1) is 13.6. The van der Waals surface area contributed by atoms with Crippen molar-refractivity contribution in [3.05, 3.63) is 60.2 Å². The summed E-state index contributed by atoms with van der Waals surface area (Å²) in [5, 5.41) is 0. The van der Waals surface area contributed by atoms with Gasteiger partial charge in [0.15, 0.2) is 0 Å². The Morgan fingerprint density at radius 2 is 1.71 bits per heavy atom. The van der Waals surface area contributed by atoms with Crippen LogP contribution in [0.15, 0.2) is 54.6 Å². The highest BCUT2D eigenvalue weighted by Crippen LogP contribution is 2.17. The minimum atomic E-state index is 0.00402. The van der Waals surface area contributed by atoms with Crippen molar-refractivity contribution < 1.29 is 14.3 Å². The standard InChI is InChI=1S/C22H27N3O3/c1-3-25(19-9-5-4-6-10-19)21(26)17-23-12-14-24(15-13-23)22(27)18-8-7-11-20(16-18)28-2/h4-11,16H,3,12-15,17H2,1-2H3. The molecule has 28 heavy (non-hydrogen) atoms. The first-order valence-electron chi connectivity index (χ1n) is 9.63. The van der Waals surface area contributed by atoms with E-state index in [2.05, 4.69) is 4.90 Å². The van der Waals surface area contributed by atoms with Crippen LogP contribution in [0.2, 0.25) is 0 Å². The maximum absolute atomic E-state index is 12.7. The first kappa shape index (κ1) is 19.9. The summed E-state index contributed by atoms with van der Waals surface area (Å²) in [5.41, 5.74) is 1.55.